The maximum atomic E-state index is 2.32. The van der Waals surface area contributed by atoms with Gasteiger partial charge in [-0.15, -0.1) is 0 Å². The topological polar surface area (TPSA) is 3.24 Å². The lowest BCUT2D eigenvalue weighted by Gasteiger charge is -2.26. The van der Waals surface area contributed by atoms with E-state index in [-0.39, 0.29) is 0 Å². The van der Waals surface area contributed by atoms with Crippen LogP contribution in [0.5, 0.6) is 0 Å². The number of benzene rings is 4. The molecular weight excluding hydrogens is 350 g/mol. The molecule has 4 rings (SSSR count). The molecule has 0 aliphatic carbocycles. The molecule has 0 N–H and O–H groups in total. The second-order valence-corrected chi connectivity index (χ2v) is 7.35. The summed E-state index contributed by atoms with van der Waals surface area (Å²) in [6.07, 6.45) is 3.61. The molecular formula is C28H27N. The Bertz CT molecular complexity index is 1000. The van der Waals surface area contributed by atoms with Gasteiger partial charge in [-0.3, -0.25) is 0 Å². The quantitative estimate of drug-likeness (QED) is 0.314. The van der Waals surface area contributed by atoms with Gasteiger partial charge in [0.15, 0.2) is 0 Å². The van der Waals surface area contributed by atoms with Crippen LogP contribution in [-0.2, 0) is 6.42 Å². The minimum absolute atomic E-state index is 1.15. The molecule has 0 aromatic heterocycles. The first-order valence-corrected chi connectivity index (χ1v) is 10.4. The minimum Gasteiger partial charge on any atom is -0.311 e. The van der Waals surface area contributed by atoms with E-state index in [0.717, 1.165) is 12.1 Å². The molecule has 0 atom stereocenters. The standard InChI is InChI=1S/C28H27N/c1-2-3-10-23-15-19-27(20-16-23)29(26-13-8-5-9-14-26)28-21-17-25(18-22-28)24-11-6-4-7-12-24/h4-9,11-22H,2-3,10H2,1H3. The van der Waals surface area contributed by atoms with Gasteiger partial charge in [0.1, 0.15) is 0 Å². The second-order valence-electron chi connectivity index (χ2n) is 7.35. The van der Waals surface area contributed by atoms with Gasteiger partial charge in [-0.1, -0.05) is 86.1 Å². The molecule has 4 aromatic rings. The van der Waals surface area contributed by atoms with E-state index in [4.69, 9.17) is 0 Å². The van der Waals surface area contributed by atoms with Gasteiger partial charge in [-0.05, 0) is 65.9 Å². The summed E-state index contributed by atoms with van der Waals surface area (Å²) in [5.41, 5.74) is 7.40. The van der Waals surface area contributed by atoms with Crippen LogP contribution < -0.4 is 4.90 Å². The molecule has 4 aromatic carbocycles. The summed E-state index contributed by atoms with van der Waals surface area (Å²) in [6.45, 7) is 2.24. The molecule has 0 bridgehead atoms. The van der Waals surface area contributed by atoms with Crippen molar-refractivity contribution in [2.24, 2.45) is 0 Å². The number of rotatable bonds is 7. The first-order valence-electron chi connectivity index (χ1n) is 10.4. The van der Waals surface area contributed by atoms with E-state index in [9.17, 15) is 0 Å². The van der Waals surface area contributed by atoms with E-state index < -0.39 is 0 Å². The maximum absolute atomic E-state index is 2.32. The smallest absolute Gasteiger partial charge is 0.0462 e. The van der Waals surface area contributed by atoms with Crippen molar-refractivity contribution in [3.05, 3.63) is 115 Å². The monoisotopic (exact) mass is 377 g/mol. The number of hydrogen-bond acceptors (Lipinski definition) is 1. The van der Waals surface area contributed by atoms with Crippen LogP contribution in [0.3, 0.4) is 0 Å². The Morgan fingerprint density at radius 2 is 1.00 bits per heavy atom. The van der Waals surface area contributed by atoms with E-state index >= 15 is 0 Å². The lowest BCUT2D eigenvalue weighted by Crippen LogP contribution is -2.09. The number of para-hydroxylation sites is 1. The van der Waals surface area contributed by atoms with Crippen LogP contribution in [0.25, 0.3) is 11.1 Å². The fourth-order valence-corrected chi connectivity index (χ4v) is 3.65. The summed E-state index contributed by atoms with van der Waals surface area (Å²) in [7, 11) is 0. The molecule has 29 heavy (non-hydrogen) atoms. The van der Waals surface area contributed by atoms with Crippen molar-refractivity contribution in [3.8, 4) is 11.1 Å². The summed E-state index contributed by atoms with van der Waals surface area (Å²) in [5, 5.41) is 0. The van der Waals surface area contributed by atoms with E-state index in [1.807, 2.05) is 0 Å². The highest BCUT2D eigenvalue weighted by atomic mass is 15.1. The fraction of sp³-hybridized carbons (Fsp3) is 0.143. The van der Waals surface area contributed by atoms with Crippen LogP contribution in [0.4, 0.5) is 17.1 Å². The van der Waals surface area contributed by atoms with Crippen molar-refractivity contribution < 1.29 is 0 Å². The third-order valence-corrected chi connectivity index (χ3v) is 5.26. The molecule has 0 fully saturated rings. The molecule has 0 amide bonds. The van der Waals surface area contributed by atoms with Crippen molar-refractivity contribution in [2.75, 3.05) is 4.90 Å². The molecule has 0 unspecified atom stereocenters. The normalized spacial score (nSPS) is 10.7. The van der Waals surface area contributed by atoms with Gasteiger partial charge < -0.3 is 4.90 Å². The lowest BCUT2D eigenvalue weighted by molar-refractivity contribution is 0.795. The first kappa shape index (κ1) is 19.0. The van der Waals surface area contributed by atoms with E-state index in [0.29, 0.717) is 0 Å². The third kappa shape index (κ3) is 4.57. The van der Waals surface area contributed by atoms with Crippen molar-refractivity contribution in [2.45, 2.75) is 26.2 Å². The summed E-state index contributed by atoms with van der Waals surface area (Å²) >= 11 is 0. The Morgan fingerprint density at radius 1 is 0.517 bits per heavy atom. The van der Waals surface area contributed by atoms with Crippen molar-refractivity contribution in [3.63, 3.8) is 0 Å². The van der Waals surface area contributed by atoms with E-state index in [2.05, 4.69) is 121 Å². The SMILES string of the molecule is CCCCc1ccc(N(c2ccccc2)c2ccc(-c3ccccc3)cc2)cc1. The van der Waals surface area contributed by atoms with Crippen LogP contribution >= 0.6 is 0 Å². The first-order chi connectivity index (χ1) is 14.3. The van der Waals surface area contributed by atoms with Crippen molar-refractivity contribution in [1.82, 2.24) is 0 Å². The highest BCUT2D eigenvalue weighted by molar-refractivity contribution is 5.78. The molecule has 0 heterocycles. The van der Waals surface area contributed by atoms with E-state index in [1.54, 1.807) is 0 Å². The Kier molecular flexibility index (Phi) is 6.07. The van der Waals surface area contributed by atoms with Gasteiger partial charge in [-0.25, -0.2) is 0 Å². The van der Waals surface area contributed by atoms with E-state index in [1.165, 1.54) is 40.9 Å². The average Bonchev–Trinajstić information content (AvgIpc) is 2.80. The van der Waals surface area contributed by atoms with Gasteiger partial charge in [0, 0.05) is 17.1 Å². The summed E-state index contributed by atoms with van der Waals surface area (Å²) < 4.78 is 0. The van der Waals surface area contributed by atoms with Gasteiger partial charge in [0.25, 0.3) is 0 Å². The molecule has 0 spiro atoms. The summed E-state index contributed by atoms with van der Waals surface area (Å²) in [6, 6.07) is 38.9. The molecule has 0 aliphatic heterocycles. The Labute approximate surface area is 174 Å². The lowest BCUT2D eigenvalue weighted by atomic mass is 10.0. The zero-order chi connectivity index (χ0) is 19.9. The van der Waals surface area contributed by atoms with Crippen molar-refractivity contribution >= 4 is 17.1 Å². The number of hydrogen-bond donors (Lipinski definition) is 0. The largest absolute Gasteiger partial charge is 0.311 e. The summed E-state index contributed by atoms with van der Waals surface area (Å²) in [4.78, 5) is 2.32. The molecule has 0 saturated heterocycles. The average molecular weight is 378 g/mol. The minimum atomic E-state index is 1.15. The van der Waals surface area contributed by atoms with Crippen LogP contribution in [0, 0.1) is 0 Å². The molecule has 144 valence electrons. The Balaban J connectivity index is 1.68. The third-order valence-electron chi connectivity index (χ3n) is 5.26. The van der Waals surface area contributed by atoms with Crippen molar-refractivity contribution in [1.29, 1.82) is 0 Å². The maximum Gasteiger partial charge on any atom is 0.0462 e. The fourth-order valence-electron chi connectivity index (χ4n) is 3.65. The van der Waals surface area contributed by atoms with Crippen LogP contribution in [0.2, 0.25) is 0 Å². The number of nitrogens with zero attached hydrogens (tertiary/aromatic N) is 1. The molecule has 1 heteroatoms. The highest BCUT2D eigenvalue weighted by Gasteiger charge is 2.12. The van der Waals surface area contributed by atoms with Gasteiger partial charge in [-0.2, -0.15) is 0 Å². The Hall–Kier alpha value is -3.32. The number of aryl methyl sites for hydroxylation is 1. The predicted molar refractivity (Wildman–Crippen MR) is 125 cm³/mol. The number of anilines is 3. The molecule has 0 aliphatic rings. The molecule has 1 nitrogen and oxygen atoms in total. The van der Waals surface area contributed by atoms with Gasteiger partial charge in [0.05, 0.1) is 0 Å². The molecule has 0 radical (unpaired) electrons. The molecule has 0 saturated carbocycles. The zero-order valence-corrected chi connectivity index (χ0v) is 17.0. The van der Waals surface area contributed by atoms with Gasteiger partial charge >= 0.3 is 0 Å². The van der Waals surface area contributed by atoms with Crippen LogP contribution in [0.1, 0.15) is 25.3 Å². The van der Waals surface area contributed by atoms with Crippen LogP contribution in [0.15, 0.2) is 109 Å². The highest BCUT2D eigenvalue weighted by Crippen LogP contribution is 2.35. The zero-order valence-electron chi connectivity index (χ0n) is 17.0. The summed E-state index contributed by atoms with van der Waals surface area (Å²) in [5.74, 6) is 0. The number of unbranched alkanes of at least 4 members (excludes halogenated alkanes) is 1. The van der Waals surface area contributed by atoms with Crippen LogP contribution in [-0.4, -0.2) is 0 Å². The second kappa shape index (κ2) is 9.25. The Morgan fingerprint density at radius 3 is 1.59 bits per heavy atom. The predicted octanol–water partition coefficient (Wildman–Crippen LogP) is 8.17. The van der Waals surface area contributed by atoms with Gasteiger partial charge in [0.2, 0.25) is 0 Å².